The lowest BCUT2D eigenvalue weighted by Gasteiger charge is -2.18. The van der Waals surface area contributed by atoms with Crippen LogP contribution in [0.4, 0.5) is 0 Å². The van der Waals surface area contributed by atoms with Gasteiger partial charge in [-0.1, -0.05) is 182 Å². The molecule has 0 radical (unpaired) electrons. The molecule has 0 saturated heterocycles. The van der Waals surface area contributed by atoms with E-state index in [1.807, 2.05) is 0 Å². The van der Waals surface area contributed by atoms with Gasteiger partial charge in [0.25, 0.3) is 0 Å². The normalized spacial score (nSPS) is 13.2. The fourth-order valence-corrected chi connectivity index (χ4v) is 5.88. The van der Waals surface area contributed by atoms with E-state index in [0.29, 0.717) is 19.4 Å². The smallest absolute Gasteiger partial charge is 0.306 e. The number of carbonyl (C=O) groups excluding carboxylic acids is 2. The second kappa shape index (κ2) is 47.9. The molecule has 0 spiro atoms. The van der Waals surface area contributed by atoms with Crippen LogP contribution in [0.1, 0.15) is 188 Å². The number of esters is 2. The second-order valence-electron chi connectivity index (χ2n) is 14.9. The third-order valence-electron chi connectivity index (χ3n) is 9.30. The summed E-state index contributed by atoms with van der Waals surface area (Å²) in [7, 11) is 0. The molecule has 0 aliphatic rings. The van der Waals surface area contributed by atoms with E-state index in [1.54, 1.807) is 0 Å². The zero-order valence-corrected chi connectivity index (χ0v) is 37.5. The fraction of sp³-hybridized carbons (Fsp3) is 0.623. The Morgan fingerprint density at radius 1 is 0.397 bits per heavy atom. The first-order valence-electron chi connectivity index (χ1n) is 23.4. The lowest BCUT2D eigenvalue weighted by molar-refractivity contribution is -0.163. The van der Waals surface area contributed by atoms with Crippen molar-refractivity contribution in [2.75, 3.05) is 19.8 Å². The maximum absolute atomic E-state index is 12.7. The Kier molecular flexibility index (Phi) is 45.1. The first-order valence-corrected chi connectivity index (χ1v) is 23.4. The van der Waals surface area contributed by atoms with E-state index >= 15 is 0 Å². The van der Waals surface area contributed by atoms with Crippen molar-refractivity contribution in [3.05, 3.63) is 109 Å². The molecule has 0 saturated carbocycles. The lowest BCUT2D eigenvalue weighted by Crippen LogP contribution is -2.30. The summed E-state index contributed by atoms with van der Waals surface area (Å²) < 4.78 is 17.2. The molecule has 58 heavy (non-hydrogen) atoms. The SMILES string of the molecule is CC/C=C\C/C=C\C/C=C\C/C=C\C/C=C\CCCCOCC(COC(=O)CCCC/C=C\C/C=C\C/C=C\C/C=C\CC)OC(=O)CCCCCCCCCCC. The third-order valence-corrected chi connectivity index (χ3v) is 9.30. The van der Waals surface area contributed by atoms with Crippen molar-refractivity contribution in [2.45, 2.75) is 194 Å². The van der Waals surface area contributed by atoms with E-state index in [0.717, 1.165) is 116 Å². The maximum Gasteiger partial charge on any atom is 0.306 e. The predicted octanol–water partition coefficient (Wildman–Crippen LogP) is 15.7. The van der Waals surface area contributed by atoms with Crippen LogP contribution in [0.3, 0.4) is 0 Å². The number of unbranched alkanes of at least 4 members (excludes halogenated alkanes) is 12. The number of hydrogen-bond donors (Lipinski definition) is 0. The molecule has 0 aliphatic heterocycles. The highest BCUT2D eigenvalue weighted by Gasteiger charge is 2.17. The minimum absolute atomic E-state index is 0.0409. The van der Waals surface area contributed by atoms with Crippen LogP contribution < -0.4 is 0 Å². The largest absolute Gasteiger partial charge is 0.462 e. The van der Waals surface area contributed by atoms with Gasteiger partial charge in [-0.3, -0.25) is 9.59 Å². The van der Waals surface area contributed by atoms with Crippen LogP contribution in [0.25, 0.3) is 0 Å². The Bertz CT molecular complexity index is 1180. The van der Waals surface area contributed by atoms with Crippen LogP contribution in [0.5, 0.6) is 0 Å². The third kappa shape index (κ3) is 45.3. The molecule has 1 atom stereocenters. The Morgan fingerprint density at radius 3 is 1.24 bits per heavy atom. The highest BCUT2D eigenvalue weighted by Crippen LogP contribution is 2.12. The second-order valence-corrected chi connectivity index (χ2v) is 14.9. The predicted molar refractivity (Wildman–Crippen MR) is 251 cm³/mol. The monoisotopic (exact) mass is 803 g/mol. The Balaban J connectivity index is 4.39. The molecule has 328 valence electrons. The van der Waals surface area contributed by atoms with E-state index < -0.39 is 6.10 Å². The van der Waals surface area contributed by atoms with Crippen LogP contribution in [-0.4, -0.2) is 37.9 Å². The highest BCUT2D eigenvalue weighted by atomic mass is 16.6. The van der Waals surface area contributed by atoms with Crippen molar-refractivity contribution in [1.82, 2.24) is 0 Å². The summed E-state index contributed by atoms with van der Waals surface area (Å²) in [4.78, 5) is 25.2. The van der Waals surface area contributed by atoms with Gasteiger partial charge < -0.3 is 14.2 Å². The van der Waals surface area contributed by atoms with Gasteiger partial charge in [0.15, 0.2) is 6.10 Å². The van der Waals surface area contributed by atoms with Crippen LogP contribution in [-0.2, 0) is 23.8 Å². The number of carbonyl (C=O) groups is 2. The standard InChI is InChI=1S/C53H86O5/c1-4-7-10-13-16-19-21-23-25-26-27-29-31-33-36-39-42-45-48-56-49-51(58-53(55)47-44-41-38-34-18-15-12-9-6-3)50-57-52(54)46-43-40-37-35-32-30-28-24-22-20-17-14-11-8-5-2/h7-8,10-11,16-17,19-20,23-25,27-29,32-33,35-36,51H,4-6,9,12-15,18,21-22,26,30-31,34,37-50H2,1-3H3/b10-7-,11-8-,19-16-,20-17-,25-23-,28-24-,29-27-,35-32-,36-33-. The molecule has 0 bridgehead atoms. The molecule has 0 rings (SSSR count). The van der Waals surface area contributed by atoms with Gasteiger partial charge in [-0.2, -0.15) is 0 Å². The number of ether oxygens (including phenoxy) is 3. The van der Waals surface area contributed by atoms with E-state index in [1.165, 1.54) is 38.5 Å². The van der Waals surface area contributed by atoms with Crippen molar-refractivity contribution in [1.29, 1.82) is 0 Å². The Morgan fingerprint density at radius 2 is 0.776 bits per heavy atom. The summed E-state index contributed by atoms with van der Waals surface area (Å²) in [6.45, 7) is 7.41. The maximum atomic E-state index is 12.7. The molecule has 0 N–H and O–H groups in total. The first-order chi connectivity index (χ1) is 28.6. The van der Waals surface area contributed by atoms with E-state index in [4.69, 9.17) is 14.2 Å². The van der Waals surface area contributed by atoms with Crippen LogP contribution >= 0.6 is 0 Å². The van der Waals surface area contributed by atoms with Gasteiger partial charge in [0.05, 0.1) is 6.61 Å². The van der Waals surface area contributed by atoms with Gasteiger partial charge in [-0.15, -0.1) is 0 Å². The molecule has 0 aromatic heterocycles. The summed E-state index contributed by atoms with van der Waals surface area (Å²) in [5.41, 5.74) is 0. The Labute approximate surface area is 357 Å². The van der Waals surface area contributed by atoms with Crippen LogP contribution in [0.15, 0.2) is 109 Å². The number of hydrogen-bond acceptors (Lipinski definition) is 5. The van der Waals surface area contributed by atoms with E-state index in [2.05, 4.69) is 130 Å². The van der Waals surface area contributed by atoms with Gasteiger partial charge in [-0.05, 0) is 103 Å². The molecule has 5 nitrogen and oxygen atoms in total. The molecular formula is C53H86O5. The zero-order chi connectivity index (χ0) is 42.1. The molecule has 0 heterocycles. The van der Waals surface area contributed by atoms with Gasteiger partial charge in [0.1, 0.15) is 6.61 Å². The van der Waals surface area contributed by atoms with Gasteiger partial charge in [0.2, 0.25) is 0 Å². The fourth-order valence-electron chi connectivity index (χ4n) is 5.88. The Hall–Kier alpha value is -3.44. The van der Waals surface area contributed by atoms with Crippen molar-refractivity contribution in [3.8, 4) is 0 Å². The molecule has 0 aromatic carbocycles. The highest BCUT2D eigenvalue weighted by molar-refractivity contribution is 5.70. The molecule has 0 fully saturated rings. The van der Waals surface area contributed by atoms with Gasteiger partial charge >= 0.3 is 11.9 Å². The average molecular weight is 803 g/mol. The van der Waals surface area contributed by atoms with Crippen molar-refractivity contribution < 1.29 is 23.8 Å². The molecular weight excluding hydrogens is 717 g/mol. The van der Waals surface area contributed by atoms with Crippen LogP contribution in [0, 0.1) is 0 Å². The topological polar surface area (TPSA) is 61.8 Å². The van der Waals surface area contributed by atoms with Gasteiger partial charge in [-0.25, -0.2) is 0 Å². The molecule has 0 aliphatic carbocycles. The van der Waals surface area contributed by atoms with Crippen LogP contribution in [0.2, 0.25) is 0 Å². The van der Waals surface area contributed by atoms with Gasteiger partial charge in [0, 0.05) is 19.4 Å². The number of rotatable bonds is 41. The average Bonchev–Trinajstić information content (AvgIpc) is 3.22. The minimum atomic E-state index is -0.578. The number of allylic oxidation sites excluding steroid dienone is 18. The lowest BCUT2D eigenvalue weighted by atomic mass is 10.1. The van der Waals surface area contributed by atoms with Crippen molar-refractivity contribution >= 4 is 11.9 Å². The molecule has 1 unspecified atom stereocenters. The quantitative estimate of drug-likeness (QED) is 0.0350. The van der Waals surface area contributed by atoms with E-state index in [-0.39, 0.29) is 25.2 Å². The summed E-state index contributed by atoms with van der Waals surface area (Å²) in [6.07, 6.45) is 65.3. The minimum Gasteiger partial charge on any atom is -0.462 e. The summed E-state index contributed by atoms with van der Waals surface area (Å²) >= 11 is 0. The molecule has 0 aromatic rings. The molecule has 0 amide bonds. The summed E-state index contributed by atoms with van der Waals surface area (Å²) in [6, 6.07) is 0. The molecule has 5 heteroatoms. The summed E-state index contributed by atoms with van der Waals surface area (Å²) in [5.74, 6) is -0.480. The zero-order valence-electron chi connectivity index (χ0n) is 37.5. The van der Waals surface area contributed by atoms with E-state index in [9.17, 15) is 9.59 Å². The van der Waals surface area contributed by atoms with Crippen molar-refractivity contribution in [2.24, 2.45) is 0 Å². The first kappa shape index (κ1) is 54.6. The summed E-state index contributed by atoms with van der Waals surface area (Å²) in [5, 5.41) is 0. The van der Waals surface area contributed by atoms with Crippen molar-refractivity contribution in [3.63, 3.8) is 0 Å².